The smallest absolute Gasteiger partial charge is 0.258 e. The zero-order chi connectivity index (χ0) is 16.4. The van der Waals surface area contributed by atoms with Crippen molar-refractivity contribution in [3.8, 4) is 5.75 Å². The maximum absolute atomic E-state index is 12.1. The number of carbonyl (C=O) groups excluding carboxylic acids is 1. The molecule has 0 radical (unpaired) electrons. The van der Waals surface area contributed by atoms with Crippen LogP contribution < -0.4 is 16.0 Å². The number of amides is 1. The summed E-state index contributed by atoms with van der Waals surface area (Å²) in [5.74, 6) is 0.0805. The first-order chi connectivity index (χ1) is 11.0. The van der Waals surface area contributed by atoms with Crippen LogP contribution in [0.25, 0.3) is 5.65 Å². The second-order valence-corrected chi connectivity index (χ2v) is 5.20. The van der Waals surface area contributed by atoms with Gasteiger partial charge in [0.25, 0.3) is 5.56 Å². The van der Waals surface area contributed by atoms with Crippen molar-refractivity contribution in [1.82, 2.24) is 9.38 Å². The van der Waals surface area contributed by atoms with E-state index in [1.807, 2.05) is 13.0 Å². The first-order valence-electron chi connectivity index (χ1n) is 7.04. The van der Waals surface area contributed by atoms with E-state index in [-0.39, 0.29) is 12.2 Å². The maximum atomic E-state index is 12.1. The number of fused-ring (bicyclic) bond motifs is 1. The molecule has 0 atom stereocenters. The third-order valence-electron chi connectivity index (χ3n) is 3.39. The van der Waals surface area contributed by atoms with Crippen molar-refractivity contribution in [3.05, 3.63) is 75.8 Å². The summed E-state index contributed by atoms with van der Waals surface area (Å²) in [5, 5.41) is 0. The van der Waals surface area contributed by atoms with Crippen molar-refractivity contribution in [2.75, 3.05) is 0 Å². The van der Waals surface area contributed by atoms with Crippen LogP contribution in [0.4, 0.5) is 0 Å². The highest BCUT2D eigenvalue weighted by atomic mass is 16.5. The van der Waals surface area contributed by atoms with Gasteiger partial charge < -0.3 is 10.5 Å². The molecule has 6 nitrogen and oxygen atoms in total. The second kappa shape index (κ2) is 5.92. The van der Waals surface area contributed by atoms with Crippen LogP contribution in [-0.2, 0) is 6.61 Å². The van der Waals surface area contributed by atoms with Gasteiger partial charge in [0.1, 0.15) is 18.0 Å². The van der Waals surface area contributed by atoms with Crippen LogP contribution in [0.15, 0.2) is 53.5 Å². The van der Waals surface area contributed by atoms with Gasteiger partial charge in [-0.1, -0.05) is 6.07 Å². The fourth-order valence-corrected chi connectivity index (χ4v) is 2.20. The summed E-state index contributed by atoms with van der Waals surface area (Å²) in [4.78, 5) is 27.5. The van der Waals surface area contributed by atoms with Gasteiger partial charge in [0, 0.05) is 17.8 Å². The highest BCUT2D eigenvalue weighted by molar-refractivity contribution is 5.92. The van der Waals surface area contributed by atoms with Gasteiger partial charge in [-0.25, -0.2) is 4.98 Å². The van der Waals surface area contributed by atoms with E-state index in [9.17, 15) is 9.59 Å². The predicted octanol–water partition coefficient (Wildman–Crippen LogP) is 1.68. The lowest BCUT2D eigenvalue weighted by atomic mass is 10.2. The molecule has 23 heavy (non-hydrogen) atoms. The van der Waals surface area contributed by atoms with Crippen LogP contribution in [-0.4, -0.2) is 15.3 Å². The Morgan fingerprint density at radius 2 is 1.96 bits per heavy atom. The summed E-state index contributed by atoms with van der Waals surface area (Å²) in [7, 11) is 0. The molecule has 6 heteroatoms. The summed E-state index contributed by atoms with van der Waals surface area (Å²) >= 11 is 0. The van der Waals surface area contributed by atoms with Crippen LogP contribution in [0, 0.1) is 6.92 Å². The average Bonchev–Trinajstić information content (AvgIpc) is 2.54. The van der Waals surface area contributed by atoms with Gasteiger partial charge in [-0.15, -0.1) is 0 Å². The molecule has 1 amide bonds. The number of benzene rings is 1. The monoisotopic (exact) mass is 309 g/mol. The Bertz CT molecular complexity index is 930. The van der Waals surface area contributed by atoms with Crippen LogP contribution in [0.3, 0.4) is 0 Å². The van der Waals surface area contributed by atoms with Gasteiger partial charge in [0.05, 0.1) is 5.69 Å². The van der Waals surface area contributed by atoms with E-state index in [0.717, 1.165) is 5.56 Å². The van der Waals surface area contributed by atoms with Crippen molar-refractivity contribution < 1.29 is 9.53 Å². The molecule has 0 aliphatic heterocycles. The average molecular weight is 309 g/mol. The third-order valence-corrected chi connectivity index (χ3v) is 3.39. The lowest BCUT2D eigenvalue weighted by Gasteiger charge is -2.07. The van der Waals surface area contributed by atoms with Crippen LogP contribution in [0.2, 0.25) is 0 Å². The van der Waals surface area contributed by atoms with Gasteiger partial charge in [-0.2, -0.15) is 0 Å². The minimum atomic E-state index is -0.490. The predicted molar refractivity (Wildman–Crippen MR) is 85.5 cm³/mol. The number of aromatic nitrogens is 2. The normalized spacial score (nSPS) is 10.7. The Labute approximate surface area is 132 Å². The molecule has 3 rings (SSSR count). The molecular weight excluding hydrogens is 294 g/mol. The van der Waals surface area contributed by atoms with Crippen LogP contribution in [0.5, 0.6) is 5.75 Å². The first kappa shape index (κ1) is 14.8. The maximum Gasteiger partial charge on any atom is 0.258 e. The number of rotatable bonds is 4. The Kier molecular flexibility index (Phi) is 3.80. The Hall–Kier alpha value is -3.15. The molecule has 116 valence electrons. The second-order valence-electron chi connectivity index (χ2n) is 5.20. The molecule has 0 bridgehead atoms. The number of pyridine rings is 1. The molecule has 3 aromatic rings. The van der Waals surface area contributed by atoms with Crippen molar-refractivity contribution in [3.63, 3.8) is 0 Å². The Morgan fingerprint density at radius 1 is 1.22 bits per heavy atom. The number of aryl methyl sites for hydroxylation is 1. The van der Waals surface area contributed by atoms with Crippen LogP contribution in [0.1, 0.15) is 21.6 Å². The summed E-state index contributed by atoms with van der Waals surface area (Å²) in [5.41, 5.74) is 7.54. The van der Waals surface area contributed by atoms with Gasteiger partial charge in [0.2, 0.25) is 5.91 Å². The zero-order valence-electron chi connectivity index (χ0n) is 12.5. The molecular formula is C17H15N3O3. The lowest BCUT2D eigenvalue weighted by molar-refractivity contribution is 0.1000. The Morgan fingerprint density at radius 3 is 2.65 bits per heavy atom. The molecule has 2 aromatic heterocycles. The number of nitrogens with two attached hydrogens (primary N) is 1. The molecule has 0 spiro atoms. The van der Waals surface area contributed by atoms with Crippen molar-refractivity contribution >= 4 is 11.6 Å². The van der Waals surface area contributed by atoms with Gasteiger partial charge >= 0.3 is 0 Å². The number of nitrogens with zero attached hydrogens (tertiary/aromatic N) is 2. The lowest BCUT2D eigenvalue weighted by Crippen LogP contribution is -2.16. The number of hydrogen-bond acceptors (Lipinski definition) is 4. The van der Waals surface area contributed by atoms with E-state index in [2.05, 4.69) is 4.98 Å². The van der Waals surface area contributed by atoms with E-state index in [1.165, 1.54) is 10.5 Å². The molecule has 0 saturated heterocycles. The molecule has 0 fully saturated rings. The van der Waals surface area contributed by atoms with Crippen molar-refractivity contribution in [1.29, 1.82) is 0 Å². The summed E-state index contributed by atoms with van der Waals surface area (Å²) in [6, 6.07) is 11.6. The molecule has 0 aliphatic rings. The van der Waals surface area contributed by atoms with Crippen LogP contribution >= 0.6 is 0 Å². The molecule has 0 aliphatic carbocycles. The summed E-state index contributed by atoms with van der Waals surface area (Å²) < 4.78 is 7.09. The fourth-order valence-electron chi connectivity index (χ4n) is 2.20. The van der Waals surface area contributed by atoms with Gasteiger partial charge in [-0.3, -0.25) is 14.0 Å². The van der Waals surface area contributed by atoms with Gasteiger partial charge in [0.15, 0.2) is 0 Å². The highest BCUT2D eigenvalue weighted by Gasteiger charge is 2.05. The molecule has 2 heterocycles. The molecule has 0 unspecified atom stereocenters. The molecule has 2 N–H and O–H groups in total. The van der Waals surface area contributed by atoms with E-state index < -0.39 is 5.91 Å². The third kappa shape index (κ3) is 3.21. The van der Waals surface area contributed by atoms with E-state index in [4.69, 9.17) is 10.5 Å². The van der Waals surface area contributed by atoms with E-state index >= 15 is 0 Å². The first-order valence-corrected chi connectivity index (χ1v) is 7.04. The van der Waals surface area contributed by atoms with Gasteiger partial charge in [-0.05, 0) is 42.8 Å². The standard InChI is InChI=1S/C17H15N3O3/c1-11-2-7-15-19-13(8-16(21)20(15)9-11)10-23-14-5-3-12(4-6-14)17(18)22/h2-9H,10H2,1H3,(H2,18,22). The highest BCUT2D eigenvalue weighted by Crippen LogP contribution is 2.13. The largest absolute Gasteiger partial charge is 0.487 e. The minimum absolute atomic E-state index is 0.152. The number of ether oxygens (including phenoxy) is 1. The number of primary amides is 1. The molecule has 0 saturated carbocycles. The minimum Gasteiger partial charge on any atom is -0.487 e. The molecule has 1 aromatic carbocycles. The van der Waals surface area contributed by atoms with Crippen molar-refractivity contribution in [2.24, 2.45) is 5.73 Å². The topological polar surface area (TPSA) is 86.7 Å². The zero-order valence-corrected chi connectivity index (χ0v) is 12.5. The fraction of sp³-hybridized carbons (Fsp3) is 0.118. The van der Waals surface area contributed by atoms with E-state index in [1.54, 1.807) is 36.5 Å². The van der Waals surface area contributed by atoms with Crippen molar-refractivity contribution in [2.45, 2.75) is 13.5 Å². The van der Waals surface area contributed by atoms with E-state index in [0.29, 0.717) is 22.7 Å². The Balaban J connectivity index is 1.80. The number of hydrogen-bond donors (Lipinski definition) is 1. The number of carbonyl (C=O) groups is 1. The summed E-state index contributed by atoms with van der Waals surface area (Å²) in [6.45, 7) is 2.08. The quantitative estimate of drug-likeness (QED) is 0.794. The summed E-state index contributed by atoms with van der Waals surface area (Å²) in [6.07, 6.45) is 1.75. The SMILES string of the molecule is Cc1ccc2nc(COc3ccc(C(N)=O)cc3)cc(=O)n2c1.